The average molecular weight is 269 g/mol. The Hall–Kier alpha value is -2.49. The van der Waals surface area contributed by atoms with Crippen LogP contribution in [0.15, 0.2) is 53.8 Å². The summed E-state index contributed by atoms with van der Waals surface area (Å²) in [6.07, 6.45) is 5.57. The number of allylic oxidation sites excluding steroid dienone is 1. The Labute approximate surface area is 118 Å². The summed E-state index contributed by atoms with van der Waals surface area (Å²) in [4.78, 5) is 4.35. The van der Waals surface area contributed by atoms with Crippen LogP contribution in [0, 0.1) is 6.92 Å². The maximum absolute atomic E-state index is 5.89. The van der Waals surface area contributed by atoms with E-state index in [9.17, 15) is 0 Å². The minimum absolute atomic E-state index is 0.734. The maximum atomic E-state index is 5.89. The summed E-state index contributed by atoms with van der Waals surface area (Å²) in [7, 11) is 1.95. The Balaban J connectivity index is 2.34. The van der Waals surface area contributed by atoms with Crippen LogP contribution in [0.25, 0.3) is 0 Å². The lowest BCUT2D eigenvalue weighted by Crippen LogP contribution is -2.16. The van der Waals surface area contributed by atoms with Crippen LogP contribution in [-0.4, -0.2) is 4.57 Å². The van der Waals surface area contributed by atoms with Gasteiger partial charge in [0.25, 0.3) is 0 Å². The third-order valence-corrected chi connectivity index (χ3v) is 2.88. The highest BCUT2D eigenvalue weighted by molar-refractivity contribution is 5.48. The summed E-state index contributed by atoms with van der Waals surface area (Å²) >= 11 is 0. The molecule has 0 saturated carbocycles. The lowest BCUT2D eigenvalue weighted by Gasteiger charge is -2.10. The van der Waals surface area contributed by atoms with Crippen molar-refractivity contribution in [2.45, 2.75) is 13.8 Å². The van der Waals surface area contributed by atoms with Crippen molar-refractivity contribution in [3.8, 4) is 11.5 Å². The van der Waals surface area contributed by atoms with Gasteiger partial charge in [0.2, 0.25) is 0 Å². The molecule has 2 N–H and O–H groups in total. The van der Waals surface area contributed by atoms with Gasteiger partial charge >= 0.3 is 0 Å². The lowest BCUT2D eigenvalue weighted by atomic mass is 10.2. The highest BCUT2D eigenvalue weighted by atomic mass is 16.5. The molecule has 0 radical (unpaired) electrons. The summed E-state index contributed by atoms with van der Waals surface area (Å²) in [6.45, 7) is 3.90. The maximum Gasteiger partial charge on any atom is 0.135 e. The molecule has 0 amide bonds. The molecule has 20 heavy (non-hydrogen) atoms. The number of anilines is 1. The number of aromatic nitrogens is 1. The van der Waals surface area contributed by atoms with Crippen molar-refractivity contribution in [3.05, 3.63) is 59.9 Å². The first-order valence-electron chi connectivity index (χ1n) is 6.46. The molecule has 4 heteroatoms. The Kier molecular flexibility index (Phi) is 4.25. The van der Waals surface area contributed by atoms with E-state index in [0.717, 1.165) is 28.2 Å². The van der Waals surface area contributed by atoms with Crippen molar-refractivity contribution >= 4 is 5.69 Å². The zero-order chi connectivity index (χ0) is 14.5. The van der Waals surface area contributed by atoms with Crippen LogP contribution in [0.5, 0.6) is 11.5 Å². The van der Waals surface area contributed by atoms with Gasteiger partial charge in [0, 0.05) is 31.2 Å². The van der Waals surface area contributed by atoms with Gasteiger partial charge in [-0.05, 0) is 43.7 Å². The fourth-order valence-electron chi connectivity index (χ4n) is 1.80. The molecule has 104 valence electrons. The van der Waals surface area contributed by atoms with Crippen LogP contribution in [0.2, 0.25) is 0 Å². The number of rotatable bonds is 3. The quantitative estimate of drug-likeness (QED) is 0.870. The zero-order valence-corrected chi connectivity index (χ0v) is 12.0. The van der Waals surface area contributed by atoms with Crippen molar-refractivity contribution in [1.29, 1.82) is 0 Å². The van der Waals surface area contributed by atoms with Crippen LogP contribution in [0.1, 0.15) is 12.5 Å². The van der Waals surface area contributed by atoms with Crippen molar-refractivity contribution in [2.24, 2.45) is 12.0 Å². The van der Waals surface area contributed by atoms with Gasteiger partial charge in [-0.3, -0.25) is 0 Å². The van der Waals surface area contributed by atoms with E-state index in [1.165, 1.54) is 0 Å². The Bertz CT molecular complexity index is 699. The largest absolute Gasteiger partial charge is 0.457 e. The molecular weight excluding hydrogens is 250 g/mol. The Morgan fingerprint density at radius 3 is 2.75 bits per heavy atom. The second kappa shape index (κ2) is 6.10. The fraction of sp³-hybridized carbons (Fsp3) is 0.188. The van der Waals surface area contributed by atoms with E-state index < -0.39 is 0 Å². The lowest BCUT2D eigenvalue weighted by molar-refractivity contribution is 0.475. The zero-order valence-electron chi connectivity index (χ0n) is 12.0. The molecule has 1 heterocycles. The predicted molar refractivity (Wildman–Crippen MR) is 81.5 cm³/mol. The van der Waals surface area contributed by atoms with E-state index in [1.807, 2.05) is 68.1 Å². The smallest absolute Gasteiger partial charge is 0.135 e. The van der Waals surface area contributed by atoms with E-state index in [0.29, 0.717) is 0 Å². The predicted octanol–water partition coefficient (Wildman–Crippen LogP) is 3.14. The Morgan fingerprint density at radius 1 is 1.25 bits per heavy atom. The van der Waals surface area contributed by atoms with Crippen molar-refractivity contribution < 1.29 is 4.74 Å². The molecule has 0 aliphatic rings. The van der Waals surface area contributed by atoms with Crippen molar-refractivity contribution in [3.63, 3.8) is 0 Å². The number of nitrogens with zero attached hydrogens (tertiary/aromatic N) is 2. The Morgan fingerprint density at radius 2 is 2.05 bits per heavy atom. The minimum Gasteiger partial charge on any atom is -0.457 e. The molecule has 0 aliphatic carbocycles. The molecule has 0 atom stereocenters. The average Bonchev–Trinajstić information content (AvgIpc) is 2.42. The number of pyridine rings is 1. The summed E-state index contributed by atoms with van der Waals surface area (Å²) in [5.74, 6) is 1.55. The van der Waals surface area contributed by atoms with E-state index >= 15 is 0 Å². The summed E-state index contributed by atoms with van der Waals surface area (Å²) in [5, 5.41) is 0. The molecule has 1 aromatic heterocycles. The number of hydrogen-bond acceptors (Lipinski definition) is 3. The van der Waals surface area contributed by atoms with Gasteiger partial charge in [-0.15, -0.1) is 0 Å². The van der Waals surface area contributed by atoms with E-state index in [2.05, 4.69) is 4.99 Å². The number of hydrogen-bond donors (Lipinski definition) is 1. The standard InChI is InChI=1S/C16H19N3O/c1-4-8-18-16-11-14(7-9-19(16)3)20-15-6-5-13(17)10-12(15)2/h4-11H,17H2,1-3H3/b8-4-,18-16?. The van der Waals surface area contributed by atoms with Crippen LogP contribution >= 0.6 is 0 Å². The second-order valence-electron chi connectivity index (χ2n) is 4.57. The highest BCUT2D eigenvalue weighted by Crippen LogP contribution is 2.25. The normalized spacial score (nSPS) is 12.1. The van der Waals surface area contributed by atoms with E-state index in [-0.39, 0.29) is 0 Å². The van der Waals surface area contributed by atoms with Crippen LogP contribution in [-0.2, 0) is 7.05 Å². The third kappa shape index (κ3) is 3.29. The van der Waals surface area contributed by atoms with Crippen LogP contribution in [0.4, 0.5) is 5.69 Å². The number of nitrogens with two attached hydrogens (primary N) is 1. The summed E-state index contributed by atoms with van der Waals surface area (Å²) < 4.78 is 7.82. The third-order valence-electron chi connectivity index (χ3n) is 2.88. The van der Waals surface area contributed by atoms with Crippen molar-refractivity contribution in [1.82, 2.24) is 4.57 Å². The number of nitrogen functional groups attached to an aromatic ring is 1. The van der Waals surface area contributed by atoms with Gasteiger partial charge in [-0.2, -0.15) is 0 Å². The first kappa shape index (κ1) is 13.9. The van der Waals surface area contributed by atoms with Crippen LogP contribution in [0.3, 0.4) is 0 Å². The first-order chi connectivity index (χ1) is 9.60. The number of ether oxygens (including phenoxy) is 1. The van der Waals surface area contributed by atoms with Crippen LogP contribution < -0.4 is 16.0 Å². The minimum atomic E-state index is 0.734. The molecule has 0 bridgehead atoms. The van der Waals surface area contributed by atoms with Crippen molar-refractivity contribution in [2.75, 3.05) is 5.73 Å². The number of aryl methyl sites for hydroxylation is 2. The second-order valence-corrected chi connectivity index (χ2v) is 4.57. The SMILES string of the molecule is C/C=C\N=c1cc(Oc2ccc(N)cc2C)ccn1C. The molecule has 0 unspecified atom stereocenters. The van der Waals surface area contributed by atoms with Gasteiger partial charge in [-0.25, -0.2) is 4.99 Å². The monoisotopic (exact) mass is 269 g/mol. The van der Waals surface area contributed by atoms with Gasteiger partial charge in [-0.1, -0.05) is 6.08 Å². The molecule has 0 spiro atoms. The molecule has 0 fully saturated rings. The molecule has 2 aromatic rings. The van der Waals surface area contributed by atoms with E-state index in [1.54, 1.807) is 6.20 Å². The van der Waals surface area contributed by atoms with Gasteiger partial charge in [0.05, 0.1) is 0 Å². The van der Waals surface area contributed by atoms with Gasteiger partial charge in [0.1, 0.15) is 17.0 Å². The number of benzene rings is 1. The summed E-state index contributed by atoms with van der Waals surface area (Å²) in [5.41, 5.74) is 8.30. The fourth-order valence-corrected chi connectivity index (χ4v) is 1.80. The molecule has 4 nitrogen and oxygen atoms in total. The van der Waals surface area contributed by atoms with Gasteiger partial charge < -0.3 is 15.0 Å². The molecule has 1 aromatic carbocycles. The first-order valence-corrected chi connectivity index (χ1v) is 6.46. The molecule has 0 saturated heterocycles. The molecule has 2 rings (SSSR count). The molecular formula is C16H19N3O. The molecule has 0 aliphatic heterocycles. The topological polar surface area (TPSA) is 52.5 Å². The van der Waals surface area contributed by atoms with Gasteiger partial charge in [0.15, 0.2) is 0 Å². The highest BCUT2D eigenvalue weighted by Gasteiger charge is 2.02. The van der Waals surface area contributed by atoms with E-state index in [4.69, 9.17) is 10.5 Å². The summed E-state index contributed by atoms with van der Waals surface area (Å²) in [6, 6.07) is 9.40.